The van der Waals surface area contributed by atoms with Gasteiger partial charge in [0.25, 0.3) is 5.91 Å². The lowest BCUT2D eigenvalue weighted by molar-refractivity contribution is -0.117. The van der Waals surface area contributed by atoms with Crippen molar-refractivity contribution in [3.05, 3.63) is 52.5 Å². The number of carbonyl (C=O) groups excluding carboxylic acids is 2. The van der Waals surface area contributed by atoms with Gasteiger partial charge in [0.05, 0.1) is 42.7 Å². The zero-order valence-electron chi connectivity index (χ0n) is 19.9. The third-order valence-electron chi connectivity index (χ3n) is 5.77. The number of anilines is 2. The maximum Gasteiger partial charge on any atom is 0.257 e. The summed E-state index contributed by atoms with van der Waals surface area (Å²) >= 11 is 2.79. The number of thiazole rings is 2. The summed E-state index contributed by atoms with van der Waals surface area (Å²) < 4.78 is 17.0. The van der Waals surface area contributed by atoms with Gasteiger partial charge in [0.2, 0.25) is 5.91 Å². The fourth-order valence-electron chi connectivity index (χ4n) is 4.05. The molecule has 1 unspecified atom stereocenters. The number of fused-ring (bicyclic) bond motifs is 2. The van der Waals surface area contributed by atoms with Crippen LogP contribution >= 0.6 is 22.7 Å². The maximum absolute atomic E-state index is 13.1. The molecule has 2 aromatic carbocycles. The van der Waals surface area contributed by atoms with E-state index in [4.69, 9.17) is 14.2 Å². The van der Waals surface area contributed by atoms with Gasteiger partial charge in [-0.25, -0.2) is 9.97 Å². The van der Waals surface area contributed by atoms with Gasteiger partial charge in [0.1, 0.15) is 17.2 Å². The van der Waals surface area contributed by atoms with E-state index in [-0.39, 0.29) is 11.8 Å². The number of methoxy groups -OCH3 is 2. The predicted octanol–water partition coefficient (Wildman–Crippen LogP) is 5.09. The Labute approximate surface area is 215 Å². The summed E-state index contributed by atoms with van der Waals surface area (Å²) in [4.78, 5) is 36.0. The van der Waals surface area contributed by atoms with Crippen LogP contribution in [0.1, 0.15) is 40.2 Å². The Kier molecular flexibility index (Phi) is 6.75. The van der Waals surface area contributed by atoms with Crippen LogP contribution in [0.4, 0.5) is 10.3 Å². The van der Waals surface area contributed by atoms with Crippen LogP contribution in [0.15, 0.2) is 36.4 Å². The monoisotopic (exact) mass is 524 g/mol. The summed E-state index contributed by atoms with van der Waals surface area (Å²) in [7, 11) is 3.05. The van der Waals surface area contributed by atoms with E-state index in [9.17, 15) is 9.59 Å². The standard InChI is InChI=1S/C25H24N4O5S2/c1-4-34-14-5-7-18-20(12-14)36-24(26-18)29-23(31)17-6-8-19-21(17)27-25(35-19)28-22(30)13-9-15(32-2)11-16(10-13)33-3/h5,7,9-12,17H,4,6,8H2,1-3H3,(H,26,29,31)(H,27,28,30). The summed E-state index contributed by atoms with van der Waals surface area (Å²) in [5.74, 6) is 0.921. The normalized spacial score (nSPS) is 14.4. The molecule has 4 aromatic rings. The number of rotatable bonds is 8. The minimum absolute atomic E-state index is 0.154. The molecule has 9 nitrogen and oxygen atoms in total. The van der Waals surface area contributed by atoms with Crippen LogP contribution in [0.3, 0.4) is 0 Å². The Morgan fingerprint density at radius 1 is 0.972 bits per heavy atom. The number of ether oxygens (including phenoxy) is 3. The van der Waals surface area contributed by atoms with E-state index in [0.29, 0.717) is 46.0 Å². The number of hydrogen-bond acceptors (Lipinski definition) is 9. The summed E-state index contributed by atoms with van der Waals surface area (Å²) in [5.41, 5.74) is 1.90. The summed E-state index contributed by atoms with van der Waals surface area (Å²) in [6, 6.07) is 10.6. The molecule has 186 valence electrons. The number of nitrogens with one attached hydrogen (secondary N) is 2. The van der Waals surface area contributed by atoms with Gasteiger partial charge in [-0.2, -0.15) is 0 Å². The van der Waals surface area contributed by atoms with Crippen LogP contribution < -0.4 is 24.8 Å². The molecule has 0 saturated heterocycles. The average Bonchev–Trinajstić information content (AvgIpc) is 3.57. The molecule has 36 heavy (non-hydrogen) atoms. The van der Waals surface area contributed by atoms with Crippen molar-refractivity contribution in [2.75, 3.05) is 31.5 Å². The number of hydrogen-bond donors (Lipinski definition) is 2. The summed E-state index contributed by atoms with van der Waals surface area (Å²) in [6.45, 7) is 2.52. The molecule has 2 aromatic heterocycles. The molecule has 0 radical (unpaired) electrons. The molecular weight excluding hydrogens is 500 g/mol. The Bertz CT molecular complexity index is 1430. The number of aromatic nitrogens is 2. The number of carbonyl (C=O) groups is 2. The quantitative estimate of drug-likeness (QED) is 0.330. The highest BCUT2D eigenvalue weighted by Crippen LogP contribution is 2.39. The Morgan fingerprint density at radius 3 is 2.44 bits per heavy atom. The lowest BCUT2D eigenvalue weighted by Crippen LogP contribution is -2.20. The minimum Gasteiger partial charge on any atom is -0.497 e. The molecule has 1 aliphatic carbocycles. The number of amides is 2. The Balaban J connectivity index is 1.29. The molecule has 0 fully saturated rings. The van der Waals surface area contributed by atoms with Crippen molar-refractivity contribution in [3.8, 4) is 17.2 Å². The molecule has 0 spiro atoms. The van der Waals surface area contributed by atoms with E-state index in [0.717, 1.165) is 27.3 Å². The summed E-state index contributed by atoms with van der Waals surface area (Å²) in [6.07, 6.45) is 1.40. The highest BCUT2D eigenvalue weighted by atomic mass is 32.1. The molecule has 2 N–H and O–H groups in total. The van der Waals surface area contributed by atoms with Gasteiger partial charge >= 0.3 is 0 Å². The molecule has 0 aliphatic heterocycles. The van der Waals surface area contributed by atoms with Crippen molar-refractivity contribution in [2.45, 2.75) is 25.7 Å². The lowest BCUT2D eigenvalue weighted by atomic mass is 10.1. The van der Waals surface area contributed by atoms with E-state index < -0.39 is 5.92 Å². The second-order valence-electron chi connectivity index (χ2n) is 8.04. The third kappa shape index (κ3) is 4.84. The lowest BCUT2D eigenvalue weighted by Gasteiger charge is -2.09. The predicted molar refractivity (Wildman–Crippen MR) is 140 cm³/mol. The SMILES string of the molecule is CCOc1ccc2nc(NC(=O)C3CCc4sc(NC(=O)c5cc(OC)cc(OC)c5)nc43)sc2c1. The van der Waals surface area contributed by atoms with Gasteiger partial charge < -0.3 is 19.5 Å². The van der Waals surface area contributed by atoms with Crippen LogP contribution in [0.2, 0.25) is 0 Å². The number of benzene rings is 2. The van der Waals surface area contributed by atoms with Gasteiger partial charge in [-0.15, -0.1) is 11.3 Å². The van der Waals surface area contributed by atoms with E-state index in [1.54, 1.807) is 18.2 Å². The van der Waals surface area contributed by atoms with Crippen LogP contribution in [-0.2, 0) is 11.2 Å². The summed E-state index contributed by atoms with van der Waals surface area (Å²) in [5, 5.41) is 6.77. The molecule has 5 rings (SSSR count). The van der Waals surface area contributed by atoms with Crippen molar-refractivity contribution < 1.29 is 23.8 Å². The average molecular weight is 525 g/mol. The van der Waals surface area contributed by atoms with Gasteiger partial charge in [-0.05, 0) is 50.1 Å². The van der Waals surface area contributed by atoms with Crippen LogP contribution in [0.25, 0.3) is 10.2 Å². The molecule has 0 bridgehead atoms. The van der Waals surface area contributed by atoms with Gasteiger partial charge in [0.15, 0.2) is 10.3 Å². The van der Waals surface area contributed by atoms with Crippen LogP contribution in [0, 0.1) is 0 Å². The van der Waals surface area contributed by atoms with E-state index in [2.05, 4.69) is 20.6 Å². The first kappa shape index (κ1) is 24.0. The third-order valence-corrected chi connectivity index (χ3v) is 7.75. The molecule has 11 heteroatoms. The second kappa shape index (κ2) is 10.1. The van der Waals surface area contributed by atoms with Gasteiger partial charge in [-0.3, -0.25) is 14.9 Å². The van der Waals surface area contributed by atoms with E-state index in [1.807, 2.05) is 25.1 Å². The van der Waals surface area contributed by atoms with E-state index in [1.165, 1.54) is 36.9 Å². The molecule has 2 heterocycles. The van der Waals surface area contributed by atoms with Gasteiger partial charge in [-0.1, -0.05) is 11.3 Å². The van der Waals surface area contributed by atoms with E-state index >= 15 is 0 Å². The number of nitrogens with zero attached hydrogens (tertiary/aromatic N) is 2. The topological polar surface area (TPSA) is 112 Å². The van der Waals surface area contributed by atoms with Crippen molar-refractivity contribution in [1.29, 1.82) is 0 Å². The second-order valence-corrected chi connectivity index (χ2v) is 10.2. The fraction of sp³-hybridized carbons (Fsp3) is 0.280. The molecule has 2 amide bonds. The highest BCUT2D eigenvalue weighted by molar-refractivity contribution is 7.22. The first-order valence-corrected chi connectivity index (χ1v) is 13.0. The van der Waals surface area contributed by atoms with Crippen molar-refractivity contribution in [2.24, 2.45) is 0 Å². The molecule has 1 atom stereocenters. The van der Waals surface area contributed by atoms with Crippen molar-refractivity contribution in [1.82, 2.24) is 9.97 Å². The molecular formula is C25H24N4O5S2. The Morgan fingerprint density at radius 2 is 1.72 bits per heavy atom. The smallest absolute Gasteiger partial charge is 0.257 e. The van der Waals surface area contributed by atoms with Crippen molar-refractivity contribution >= 4 is 55.0 Å². The number of aryl methyl sites for hydroxylation is 1. The first-order chi connectivity index (χ1) is 17.5. The minimum atomic E-state index is -0.398. The Hall–Kier alpha value is -3.70. The molecule has 0 saturated carbocycles. The van der Waals surface area contributed by atoms with Gasteiger partial charge in [0, 0.05) is 16.5 Å². The highest BCUT2D eigenvalue weighted by Gasteiger charge is 2.33. The fourth-order valence-corrected chi connectivity index (χ4v) is 5.98. The zero-order valence-corrected chi connectivity index (χ0v) is 21.5. The van der Waals surface area contributed by atoms with Crippen molar-refractivity contribution in [3.63, 3.8) is 0 Å². The van der Waals surface area contributed by atoms with Crippen LogP contribution in [0.5, 0.6) is 17.2 Å². The first-order valence-electron chi connectivity index (χ1n) is 11.4. The van der Waals surface area contributed by atoms with Crippen LogP contribution in [-0.4, -0.2) is 42.6 Å². The molecule has 1 aliphatic rings. The maximum atomic E-state index is 13.1. The largest absolute Gasteiger partial charge is 0.497 e. The zero-order chi connectivity index (χ0) is 25.2.